The molecule has 1 rings (SSSR count). The van der Waals surface area contributed by atoms with Crippen molar-refractivity contribution in [1.29, 1.82) is 0 Å². The Bertz CT molecular complexity index is 573. The van der Waals surface area contributed by atoms with E-state index in [-0.39, 0.29) is 17.3 Å². The third-order valence-corrected chi connectivity index (χ3v) is 5.31. The lowest BCUT2D eigenvalue weighted by Crippen LogP contribution is -2.38. The van der Waals surface area contributed by atoms with Gasteiger partial charge in [0.1, 0.15) is 0 Å². The second kappa shape index (κ2) is 9.12. The van der Waals surface area contributed by atoms with E-state index in [1.807, 2.05) is 0 Å². The number of carbonyl (C=O) groups is 1. The van der Waals surface area contributed by atoms with Gasteiger partial charge in [0.05, 0.1) is 11.4 Å². The molecule has 0 saturated carbocycles. The van der Waals surface area contributed by atoms with Crippen LogP contribution >= 0.6 is 11.6 Å². The normalized spacial score (nSPS) is 11.6. The number of rotatable bonds is 9. The summed E-state index contributed by atoms with van der Waals surface area (Å²) in [5.41, 5.74) is 0. The highest BCUT2D eigenvalue weighted by Crippen LogP contribution is 2.17. The predicted octanol–water partition coefficient (Wildman–Crippen LogP) is 2.66. The van der Waals surface area contributed by atoms with E-state index >= 15 is 0 Å². The lowest BCUT2D eigenvalue weighted by atomic mass is 10.2. The van der Waals surface area contributed by atoms with Crippen LogP contribution in [0.3, 0.4) is 0 Å². The molecule has 1 N–H and O–H groups in total. The van der Waals surface area contributed by atoms with Gasteiger partial charge in [-0.05, 0) is 30.7 Å². The van der Waals surface area contributed by atoms with E-state index in [1.54, 1.807) is 0 Å². The zero-order valence-electron chi connectivity index (χ0n) is 13.0. The van der Waals surface area contributed by atoms with Gasteiger partial charge in [-0.15, -0.1) is 0 Å². The molecule has 0 saturated heterocycles. The van der Waals surface area contributed by atoms with E-state index in [1.165, 1.54) is 31.3 Å². The Morgan fingerprint density at radius 1 is 1.18 bits per heavy atom. The Hall–Kier alpha value is -1.11. The van der Waals surface area contributed by atoms with Crippen LogP contribution in [0.2, 0.25) is 5.02 Å². The van der Waals surface area contributed by atoms with Crippen molar-refractivity contribution in [2.75, 3.05) is 20.1 Å². The van der Waals surface area contributed by atoms with Crippen LogP contribution in [0.15, 0.2) is 29.2 Å². The number of amides is 1. The van der Waals surface area contributed by atoms with Gasteiger partial charge in [0.2, 0.25) is 15.9 Å². The van der Waals surface area contributed by atoms with Crippen molar-refractivity contribution in [3.05, 3.63) is 29.3 Å². The maximum absolute atomic E-state index is 12.3. The van der Waals surface area contributed by atoms with E-state index in [0.717, 1.165) is 30.0 Å². The van der Waals surface area contributed by atoms with Crippen molar-refractivity contribution >= 4 is 27.5 Å². The summed E-state index contributed by atoms with van der Waals surface area (Å²) in [7, 11) is -2.29. The molecule has 0 unspecified atom stereocenters. The van der Waals surface area contributed by atoms with Crippen molar-refractivity contribution in [3.8, 4) is 0 Å². The number of hydrogen-bond acceptors (Lipinski definition) is 3. The minimum atomic E-state index is -3.68. The van der Waals surface area contributed by atoms with Crippen LogP contribution in [0.4, 0.5) is 0 Å². The van der Waals surface area contributed by atoms with Crippen molar-refractivity contribution in [3.63, 3.8) is 0 Å². The predicted molar refractivity (Wildman–Crippen MR) is 88.4 cm³/mol. The van der Waals surface area contributed by atoms with Gasteiger partial charge in [0.25, 0.3) is 0 Å². The highest BCUT2D eigenvalue weighted by atomic mass is 35.5. The van der Waals surface area contributed by atoms with E-state index < -0.39 is 10.0 Å². The number of halogens is 1. The minimum Gasteiger partial charge on any atom is -0.355 e. The van der Waals surface area contributed by atoms with Crippen LogP contribution < -0.4 is 5.32 Å². The zero-order chi connectivity index (χ0) is 16.6. The van der Waals surface area contributed by atoms with E-state index in [9.17, 15) is 13.2 Å². The average molecular weight is 347 g/mol. The number of nitrogens with one attached hydrogen (secondary N) is 1. The molecule has 0 heterocycles. The van der Waals surface area contributed by atoms with Gasteiger partial charge < -0.3 is 5.32 Å². The lowest BCUT2D eigenvalue weighted by Gasteiger charge is -2.17. The van der Waals surface area contributed by atoms with E-state index in [4.69, 9.17) is 11.6 Å². The molecule has 0 spiro atoms. The number of likely N-dealkylation sites (N-methyl/N-ethyl adjacent to an activating group) is 1. The molecule has 22 heavy (non-hydrogen) atoms. The highest BCUT2D eigenvalue weighted by molar-refractivity contribution is 7.89. The highest BCUT2D eigenvalue weighted by Gasteiger charge is 2.22. The molecule has 0 radical (unpaired) electrons. The first kappa shape index (κ1) is 18.9. The summed E-state index contributed by atoms with van der Waals surface area (Å²) in [4.78, 5) is 11.9. The van der Waals surface area contributed by atoms with Crippen molar-refractivity contribution in [2.24, 2.45) is 0 Å². The number of sulfonamides is 1. The zero-order valence-corrected chi connectivity index (χ0v) is 14.6. The van der Waals surface area contributed by atoms with Crippen LogP contribution in [0, 0.1) is 0 Å². The fourth-order valence-corrected chi connectivity index (χ4v) is 3.16. The van der Waals surface area contributed by atoms with Gasteiger partial charge in [0, 0.05) is 18.6 Å². The van der Waals surface area contributed by atoms with Gasteiger partial charge in [-0.1, -0.05) is 37.8 Å². The minimum absolute atomic E-state index is 0.121. The van der Waals surface area contributed by atoms with Crippen LogP contribution in [-0.4, -0.2) is 38.8 Å². The molecule has 1 aromatic rings. The van der Waals surface area contributed by atoms with Crippen molar-refractivity contribution < 1.29 is 13.2 Å². The first-order valence-electron chi connectivity index (χ1n) is 7.36. The molecule has 0 aromatic heterocycles. The van der Waals surface area contributed by atoms with Crippen molar-refractivity contribution in [2.45, 2.75) is 37.5 Å². The van der Waals surface area contributed by atoms with Gasteiger partial charge in [-0.3, -0.25) is 4.79 Å². The summed E-state index contributed by atoms with van der Waals surface area (Å²) < 4.78 is 25.6. The molecular formula is C15H23ClN2O3S. The van der Waals surface area contributed by atoms with Gasteiger partial charge >= 0.3 is 0 Å². The number of unbranched alkanes of at least 4 members (excludes halogenated alkanes) is 3. The first-order valence-corrected chi connectivity index (χ1v) is 9.18. The first-order chi connectivity index (χ1) is 10.4. The largest absolute Gasteiger partial charge is 0.355 e. The quantitative estimate of drug-likeness (QED) is 0.699. The van der Waals surface area contributed by atoms with Crippen LogP contribution in [-0.2, 0) is 14.8 Å². The Morgan fingerprint density at radius 3 is 2.41 bits per heavy atom. The molecule has 124 valence electrons. The van der Waals surface area contributed by atoms with Crippen molar-refractivity contribution in [1.82, 2.24) is 9.62 Å². The van der Waals surface area contributed by atoms with E-state index in [2.05, 4.69) is 12.2 Å². The molecular weight excluding hydrogens is 324 g/mol. The smallest absolute Gasteiger partial charge is 0.243 e. The maximum Gasteiger partial charge on any atom is 0.243 e. The topological polar surface area (TPSA) is 66.5 Å². The monoisotopic (exact) mass is 346 g/mol. The molecule has 5 nitrogen and oxygen atoms in total. The Labute approximate surface area is 137 Å². The summed E-state index contributed by atoms with van der Waals surface area (Å²) in [6.45, 7) is 2.50. The molecule has 1 aromatic carbocycles. The van der Waals surface area contributed by atoms with Crippen LogP contribution in [0.25, 0.3) is 0 Å². The molecule has 0 aliphatic rings. The SMILES string of the molecule is CCCCCCNC(=O)CN(C)S(=O)(=O)c1ccc(Cl)cc1. The Morgan fingerprint density at radius 2 is 1.82 bits per heavy atom. The van der Waals surface area contributed by atoms with Crippen LogP contribution in [0.5, 0.6) is 0 Å². The standard InChI is InChI=1S/C15H23ClN2O3S/c1-3-4-5-6-11-17-15(19)12-18(2)22(20,21)14-9-7-13(16)8-10-14/h7-10H,3-6,11-12H2,1-2H3,(H,17,19). The number of benzene rings is 1. The van der Waals surface area contributed by atoms with Gasteiger partial charge in [-0.25, -0.2) is 8.42 Å². The summed E-state index contributed by atoms with van der Waals surface area (Å²) in [6.07, 6.45) is 4.25. The number of hydrogen-bond donors (Lipinski definition) is 1. The molecule has 7 heteroatoms. The van der Waals surface area contributed by atoms with Gasteiger partial charge in [-0.2, -0.15) is 4.31 Å². The Balaban J connectivity index is 2.51. The number of nitrogens with zero attached hydrogens (tertiary/aromatic N) is 1. The third kappa shape index (κ3) is 5.94. The summed E-state index contributed by atoms with van der Waals surface area (Å²) >= 11 is 5.75. The Kier molecular flexibility index (Phi) is 7.85. The molecule has 0 bridgehead atoms. The number of carbonyl (C=O) groups excluding carboxylic acids is 1. The maximum atomic E-state index is 12.3. The molecule has 1 amide bonds. The second-order valence-electron chi connectivity index (χ2n) is 5.13. The summed E-state index contributed by atoms with van der Waals surface area (Å²) in [5, 5.41) is 3.20. The average Bonchev–Trinajstić information content (AvgIpc) is 2.47. The fraction of sp³-hybridized carbons (Fsp3) is 0.533. The van der Waals surface area contributed by atoms with E-state index in [0.29, 0.717) is 11.6 Å². The second-order valence-corrected chi connectivity index (χ2v) is 7.61. The lowest BCUT2D eigenvalue weighted by molar-refractivity contribution is -0.121. The summed E-state index contributed by atoms with van der Waals surface area (Å²) in [6, 6.07) is 5.87. The molecule has 0 aliphatic carbocycles. The van der Waals surface area contributed by atoms with Gasteiger partial charge in [0.15, 0.2) is 0 Å². The molecule has 0 aliphatic heterocycles. The third-order valence-electron chi connectivity index (χ3n) is 3.24. The fourth-order valence-electron chi connectivity index (χ4n) is 1.91. The summed E-state index contributed by atoms with van der Waals surface area (Å²) in [5.74, 6) is -0.295. The molecule has 0 fully saturated rings. The molecule has 0 atom stereocenters. The van der Waals surface area contributed by atoms with Crippen LogP contribution in [0.1, 0.15) is 32.6 Å².